The Morgan fingerprint density at radius 1 is 0.933 bits per heavy atom. The predicted octanol–water partition coefficient (Wildman–Crippen LogP) is 7.14. The maximum atomic E-state index is 13.2. The molecule has 3 rings (SSSR count). The molecular weight excluding hydrogens is 394 g/mol. The topological polar surface area (TPSA) is 50.1 Å². The minimum absolute atomic E-state index is 0.0493. The fourth-order valence-corrected chi connectivity index (χ4v) is 3.72. The predicted molar refractivity (Wildman–Crippen MR) is 120 cm³/mol. The number of ether oxygens (including phenoxy) is 1. The van der Waals surface area contributed by atoms with Gasteiger partial charge in [0, 0.05) is 17.4 Å². The van der Waals surface area contributed by atoms with Gasteiger partial charge in [-0.25, -0.2) is 0 Å². The smallest absolute Gasteiger partial charge is 0.142 e. The summed E-state index contributed by atoms with van der Waals surface area (Å²) in [5.74, 6) is 0.720. The van der Waals surface area contributed by atoms with Crippen molar-refractivity contribution in [3.05, 3.63) is 95.0 Å². The van der Waals surface area contributed by atoms with E-state index in [0.717, 1.165) is 16.9 Å². The fourth-order valence-electron chi connectivity index (χ4n) is 3.60. The van der Waals surface area contributed by atoms with Gasteiger partial charge >= 0.3 is 0 Å². The number of para-hydroxylation sites is 1. The Kier molecular flexibility index (Phi) is 7.27. The number of ketones is 1. The molecule has 0 saturated heterocycles. The van der Waals surface area contributed by atoms with Crippen molar-refractivity contribution < 1.29 is 9.53 Å². The molecule has 3 nitrogen and oxygen atoms in total. The Bertz CT molecular complexity index is 1020. The summed E-state index contributed by atoms with van der Waals surface area (Å²) in [6.45, 7) is 4.04. The molecule has 30 heavy (non-hydrogen) atoms. The van der Waals surface area contributed by atoms with Crippen molar-refractivity contribution >= 4 is 17.4 Å². The summed E-state index contributed by atoms with van der Waals surface area (Å²) in [6.07, 6.45) is 0.150. The van der Waals surface area contributed by atoms with Gasteiger partial charge in [-0.2, -0.15) is 5.26 Å². The molecule has 0 spiro atoms. The van der Waals surface area contributed by atoms with Crippen LogP contribution in [-0.4, -0.2) is 5.78 Å². The Labute approximate surface area is 182 Å². The van der Waals surface area contributed by atoms with Crippen LogP contribution in [0.1, 0.15) is 43.2 Å². The van der Waals surface area contributed by atoms with E-state index in [2.05, 4.69) is 6.07 Å². The molecule has 2 unspecified atom stereocenters. The minimum atomic E-state index is -0.537. The zero-order valence-electron chi connectivity index (χ0n) is 17.1. The average Bonchev–Trinajstić information content (AvgIpc) is 2.74. The maximum Gasteiger partial charge on any atom is 0.142 e. The number of Topliss-reactive ketones (excluding diaryl/α,β-unsaturated/α-hetero) is 1. The molecule has 0 aliphatic heterocycles. The zero-order chi connectivity index (χ0) is 21.5. The van der Waals surface area contributed by atoms with Crippen molar-refractivity contribution in [1.82, 2.24) is 0 Å². The van der Waals surface area contributed by atoms with Gasteiger partial charge in [0.25, 0.3) is 0 Å². The average molecular weight is 418 g/mol. The van der Waals surface area contributed by atoms with Gasteiger partial charge in [0.05, 0.1) is 12.0 Å². The number of hydrogen-bond donors (Lipinski definition) is 0. The standard InChI is InChI=1S/C26H24ClNO2/c1-18(2)26(19-11-13-22(27)14-12-19)25(29)16-21(17-28)20-7-6-10-24(15-20)30-23-8-4-3-5-9-23/h3-15,18,21,26H,16H2,1-2H3. The van der Waals surface area contributed by atoms with Gasteiger partial charge in [0.2, 0.25) is 0 Å². The van der Waals surface area contributed by atoms with Crippen LogP contribution in [0, 0.1) is 17.2 Å². The first-order chi connectivity index (χ1) is 14.5. The number of halogens is 1. The molecule has 0 fully saturated rings. The SMILES string of the molecule is CC(C)C(C(=O)CC(C#N)c1cccc(Oc2ccccc2)c1)c1ccc(Cl)cc1. The number of carbonyl (C=O) groups excluding carboxylic acids is 1. The lowest BCUT2D eigenvalue weighted by molar-refractivity contribution is -0.121. The van der Waals surface area contributed by atoms with Gasteiger partial charge in [-0.1, -0.05) is 67.9 Å². The van der Waals surface area contributed by atoms with E-state index in [0.29, 0.717) is 10.8 Å². The normalized spacial score (nSPS) is 12.8. The van der Waals surface area contributed by atoms with Crippen LogP contribution in [0.15, 0.2) is 78.9 Å². The Morgan fingerprint density at radius 3 is 2.23 bits per heavy atom. The molecule has 0 aliphatic carbocycles. The number of carbonyl (C=O) groups is 1. The third kappa shape index (κ3) is 5.49. The van der Waals surface area contributed by atoms with Gasteiger partial charge in [-0.05, 0) is 53.4 Å². The fraction of sp³-hybridized carbons (Fsp3) is 0.231. The van der Waals surface area contributed by atoms with Crippen LogP contribution in [0.3, 0.4) is 0 Å². The maximum absolute atomic E-state index is 13.2. The lowest BCUT2D eigenvalue weighted by atomic mass is 9.81. The van der Waals surface area contributed by atoms with Gasteiger partial charge in [-0.3, -0.25) is 4.79 Å². The highest BCUT2D eigenvalue weighted by molar-refractivity contribution is 6.30. The highest BCUT2D eigenvalue weighted by Gasteiger charge is 2.27. The van der Waals surface area contributed by atoms with E-state index in [1.54, 1.807) is 12.1 Å². The molecular formula is C26H24ClNO2. The number of nitriles is 1. The van der Waals surface area contributed by atoms with Crippen LogP contribution < -0.4 is 4.74 Å². The first-order valence-electron chi connectivity index (χ1n) is 9.98. The lowest BCUT2D eigenvalue weighted by Crippen LogP contribution is -2.20. The molecule has 3 aromatic carbocycles. The molecule has 152 valence electrons. The van der Waals surface area contributed by atoms with Gasteiger partial charge < -0.3 is 4.74 Å². The zero-order valence-corrected chi connectivity index (χ0v) is 17.8. The summed E-state index contributed by atoms with van der Waals surface area (Å²) in [6, 6.07) is 26.5. The minimum Gasteiger partial charge on any atom is -0.457 e. The van der Waals surface area contributed by atoms with Crippen molar-refractivity contribution in [2.75, 3.05) is 0 Å². The summed E-state index contributed by atoms with van der Waals surface area (Å²) in [4.78, 5) is 13.2. The van der Waals surface area contributed by atoms with Crippen LogP contribution in [0.2, 0.25) is 5.02 Å². The quantitative estimate of drug-likeness (QED) is 0.391. The van der Waals surface area contributed by atoms with Crippen LogP contribution in [0.5, 0.6) is 11.5 Å². The summed E-state index contributed by atoms with van der Waals surface area (Å²) in [5.41, 5.74) is 1.70. The van der Waals surface area contributed by atoms with Crippen LogP contribution in [-0.2, 0) is 4.79 Å². The molecule has 0 aromatic heterocycles. The van der Waals surface area contributed by atoms with E-state index in [4.69, 9.17) is 16.3 Å². The van der Waals surface area contributed by atoms with Crippen LogP contribution >= 0.6 is 11.6 Å². The molecule has 0 bridgehead atoms. The van der Waals surface area contributed by atoms with E-state index in [9.17, 15) is 10.1 Å². The first-order valence-corrected chi connectivity index (χ1v) is 10.4. The van der Waals surface area contributed by atoms with E-state index >= 15 is 0 Å². The number of rotatable bonds is 8. The van der Waals surface area contributed by atoms with Crippen LogP contribution in [0.4, 0.5) is 0 Å². The molecule has 0 N–H and O–H groups in total. The summed E-state index contributed by atoms with van der Waals surface area (Å²) in [5, 5.41) is 10.4. The van der Waals surface area contributed by atoms with E-state index in [1.165, 1.54) is 0 Å². The Hall–Kier alpha value is -3.09. The second-order valence-corrected chi connectivity index (χ2v) is 8.05. The molecule has 2 atom stereocenters. The van der Waals surface area contributed by atoms with Crippen LogP contribution in [0.25, 0.3) is 0 Å². The highest BCUT2D eigenvalue weighted by Crippen LogP contribution is 2.32. The van der Waals surface area contributed by atoms with E-state index in [-0.39, 0.29) is 24.0 Å². The molecule has 0 radical (unpaired) electrons. The Morgan fingerprint density at radius 2 is 1.60 bits per heavy atom. The number of hydrogen-bond acceptors (Lipinski definition) is 3. The van der Waals surface area contributed by atoms with E-state index < -0.39 is 5.92 Å². The molecule has 3 aromatic rings. The van der Waals surface area contributed by atoms with Crippen molar-refractivity contribution in [3.8, 4) is 17.6 Å². The van der Waals surface area contributed by atoms with Gasteiger partial charge in [-0.15, -0.1) is 0 Å². The largest absolute Gasteiger partial charge is 0.457 e. The Balaban J connectivity index is 1.78. The number of nitrogens with zero attached hydrogens (tertiary/aromatic N) is 1. The van der Waals surface area contributed by atoms with Gasteiger partial charge in [0.1, 0.15) is 17.3 Å². The van der Waals surface area contributed by atoms with Gasteiger partial charge in [0.15, 0.2) is 0 Å². The third-order valence-corrected chi connectivity index (χ3v) is 5.30. The van der Waals surface area contributed by atoms with Crippen molar-refractivity contribution in [1.29, 1.82) is 5.26 Å². The molecule has 0 amide bonds. The summed E-state index contributed by atoms with van der Waals surface area (Å²) < 4.78 is 5.88. The van der Waals surface area contributed by atoms with E-state index in [1.807, 2.05) is 80.6 Å². The lowest BCUT2D eigenvalue weighted by Gasteiger charge is -2.22. The van der Waals surface area contributed by atoms with Crippen molar-refractivity contribution in [3.63, 3.8) is 0 Å². The molecule has 0 saturated carbocycles. The summed E-state index contributed by atoms with van der Waals surface area (Å²) >= 11 is 6.00. The highest BCUT2D eigenvalue weighted by atomic mass is 35.5. The molecule has 0 heterocycles. The first kappa shape index (κ1) is 21.6. The molecule has 4 heteroatoms. The third-order valence-electron chi connectivity index (χ3n) is 5.04. The second-order valence-electron chi connectivity index (χ2n) is 7.61. The second kappa shape index (κ2) is 10.1. The summed E-state index contributed by atoms with van der Waals surface area (Å²) in [7, 11) is 0. The monoisotopic (exact) mass is 417 g/mol. The molecule has 0 aliphatic rings. The number of benzene rings is 3. The van der Waals surface area contributed by atoms with Crippen molar-refractivity contribution in [2.24, 2.45) is 5.92 Å². The van der Waals surface area contributed by atoms with Crippen molar-refractivity contribution in [2.45, 2.75) is 32.1 Å².